The summed E-state index contributed by atoms with van der Waals surface area (Å²) in [6, 6.07) is 17.5. The lowest BCUT2D eigenvalue weighted by atomic mass is 10.0. The van der Waals surface area contributed by atoms with Crippen molar-refractivity contribution in [1.29, 1.82) is 0 Å². The zero-order chi connectivity index (χ0) is 18.3. The van der Waals surface area contributed by atoms with Crippen LogP contribution in [0, 0.1) is 0 Å². The van der Waals surface area contributed by atoms with Crippen molar-refractivity contribution >= 4 is 42.6 Å². The fourth-order valence-corrected chi connectivity index (χ4v) is 4.86. The number of sulfonamides is 1. The highest BCUT2D eigenvalue weighted by atomic mass is 79.9. The van der Waals surface area contributed by atoms with Gasteiger partial charge in [0.05, 0.1) is 9.37 Å². The topological polar surface area (TPSA) is 72.5 Å². The second-order valence-electron chi connectivity index (χ2n) is 5.97. The number of rotatable bonds is 3. The maximum atomic E-state index is 12.8. The predicted molar refractivity (Wildman–Crippen MR) is 102 cm³/mol. The molecule has 1 amide bonds. The van der Waals surface area contributed by atoms with E-state index in [1.54, 1.807) is 30.3 Å². The third kappa shape index (κ3) is 2.87. The molecule has 132 valence electrons. The van der Waals surface area contributed by atoms with Gasteiger partial charge in [0.15, 0.2) is 0 Å². The zero-order valence-electron chi connectivity index (χ0n) is 13.5. The fraction of sp³-hybridized carbons (Fsp3) is 0.105. The molecular formula is C19H14BrNO4S. The second-order valence-corrected chi connectivity index (χ2v) is 8.47. The van der Waals surface area contributed by atoms with Crippen LogP contribution in [0.4, 0.5) is 0 Å². The molecule has 0 saturated carbocycles. The number of nitrogens with one attached hydrogen (secondary N) is 1. The van der Waals surface area contributed by atoms with E-state index in [-0.39, 0.29) is 11.5 Å². The standard InChI is InChI=1S/C19H14BrNO4S/c20-16-9-4-8-14-15(11-25-18(14)16)19(22)21-26(23,24)17-10-3-6-12-5-1-2-7-13(12)17/h1-10,15H,11H2,(H,21,22)/t15-/m1/s1. The summed E-state index contributed by atoms with van der Waals surface area (Å²) in [5.74, 6) is -0.697. The van der Waals surface area contributed by atoms with E-state index >= 15 is 0 Å². The largest absolute Gasteiger partial charge is 0.491 e. The van der Waals surface area contributed by atoms with Crippen LogP contribution in [0.3, 0.4) is 0 Å². The summed E-state index contributed by atoms with van der Waals surface area (Å²) in [5, 5.41) is 1.36. The molecule has 1 N–H and O–H groups in total. The highest BCUT2D eigenvalue weighted by Crippen LogP contribution is 2.39. The highest BCUT2D eigenvalue weighted by Gasteiger charge is 2.34. The van der Waals surface area contributed by atoms with Gasteiger partial charge in [0.2, 0.25) is 5.91 Å². The Balaban J connectivity index is 1.67. The van der Waals surface area contributed by atoms with Crippen molar-refractivity contribution < 1.29 is 17.9 Å². The van der Waals surface area contributed by atoms with Crippen molar-refractivity contribution in [3.63, 3.8) is 0 Å². The molecule has 0 radical (unpaired) electrons. The lowest BCUT2D eigenvalue weighted by molar-refractivity contribution is -0.120. The maximum absolute atomic E-state index is 12.8. The number of hydrogen-bond donors (Lipinski definition) is 1. The summed E-state index contributed by atoms with van der Waals surface area (Å²) in [4.78, 5) is 12.7. The molecule has 1 aliphatic heterocycles. The number of hydrogen-bond acceptors (Lipinski definition) is 4. The summed E-state index contributed by atoms with van der Waals surface area (Å²) in [6.45, 7) is 0.106. The molecule has 0 spiro atoms. The van der Waals surface area contributed by atoms with Crippen molar-refractivity contribution in [3.8, 4) is 5.75 Å². The van der Waals surface area contributed by atoms with E-state index in [0.717, 1.165) is 9.86 Å². The molecule has 5 nitrogen and oxygen atoms in total. The van der Waals surface area contributed by atoms with Crippen molar-refractivity contribution in [2.75, 3.05) is 6.61 Å². The van der Waals surface area contributed by atoms with Gasteiger partial charge >= 0.3 is 0 Å². The molecule has 1 atom stereocenters. The first-order chi connectivity index (χ1) is 12.5. The van der Waals surface area contributed by atoms with Gasteiger partial charge in [-0.2, -0.15) is 0 Å². The summed E-state index contributed by atoms with van der Waals surface area (Å²) in [6.07, 6.45) is 0. The Hall–Kier alpha value is -2.38. The number of carbonyl (C=O) groups excluding carboxylic acids is 1. The molecule has 0 saturated heterocycles. The van der Waals surface area contributed by atoms with Crippen LogP contribution in [0.15, 0.2) is 70.0 Å². The summed E-state index contributed by atoms with van der Waals surface area (Å²) in [5.41, 5.74) is 0.671. The Morgan fingerprint density at radius 2 is 1.77 bits per heavy atom. The molecule has 1 heterocycles. The van der Waals surface area contributed by atoms with Crippen LogP contribution < -0.4 is 9.46 Å². The molecule has 0 bridgehead atoms. The Morgan fingerprint density at radius 1 is 1.04 bits per heavy atom. The Morgan fingerprint density at radius 3 is 2.62 bits per heavy atom. The number of halogens is 1. The number of benzene rings is 3. The Bertz CT molecular complexity index is 1120. The molecule has 3 aromatic rings. The minimum absolute atomic E-state index is 0.0809. The maximum Gasteiger partial charge on any atom is 0.264 e. The van der Waals surface area contributed by atoms with Crippen LogP contribution in [0.1, 0.15) is 11.5 Å². The van der Waals surface area contributed by atoms with E-state index in [9.17, 15) is 13.2 Å². The van der Waals surface area contributed by atoms with Crippen LogP contribution in [0.2, 0.25) is 0 Å². The quantitative estimate of drug-likeness (QED) is 0.687. The van der Waals surface area contributed by atoms with E-state index < -0.39 is 21.8 Å². The van der Waals surface area contributed by atoms with Gasteiger partial charge in [-0.25, -0.2) is 13.1 Å². The van der Waals surface area contributed by atoms with Crippen LogP contribution in [0.5, 0.6) is 5.75 Å². The van der Waals surface area contributed by atoms with Gasteiger partial charge in [-0.1, -0.05) is 48.5 Å². The average molecular weight is 432 g/mol. The molecular weight excluding hydrogens is 418 g/mol. The molecule has 0 unspecified atom stereocenters. The van der Waals surface area contributed by atoms with Crippen LogP contribution in [0.25, 0.3) is 10.8 Å². The summed E-state index contributed by atoms with van der Waals surface area (Å²) >= 11 is 3.37. The molecule has 0 fully saturated rings. The van der Waals surface area contributed by atoms with E-state index in [0.29, 0.717) is 16.7 Å². The van der Waals surface area contributed by atoms with E-state index in [1.807, 2.05) is 24.3 Å². The fourth-order valence-electron chi connectivity index (χ4n) is 3.11. The summed E-state index contributed by atoms with van der Waals surface area (Å²) in [7, 11) is -4.00. The van der Waals surface area contributed by atoms with Crippen molar-refractivity contribution in [1.82, 2.24) is 4.72 Å². The number of amides is 1. The van der Waals surface area contributed by atoms with Gasteiger partial charge < -0.3 is 4.74 Å². The average Bonchev–Trinajstić information content (AvgIpc) is 3.06. The second kappa shape index (κ2) is 6.41. The third-order valence-corrected chi connectivity index (χ3v) is 6.39. The number of fused-ring (bicyclic) bond motifs is 2. The Labute approximate surface area is 159 Å². The third-order valence-electron chi connectivity index (χ3n) is 4.36. The molecule has 26 heavy (non-hydrogen) atoms. The van der Waals surface area contributed by atoms with Crippen molar-refractivity contribution in [3.05, 3.63) is 70.7 Å². The smallest absolute Gasteiger partial charge is 0.264 e. The normalized spacial score (nSPS) is 16.1. The lowest BCUT2D eigenvalue weighted by Crippen LogP contribution is -2.35. The number of para-hydroxylation sites is 1. The van der Waals surface area contributed by atoms with Crippen molar-refractivity contribution in [2.45, 2.75) is 10.8 Å². The monoisotopic (exact) mass is 431 g/mol. The van der Waals surface area contributed by atoms with Crippen molar-refractivity contribution in [2.24, 2.45) is 0 Å². The molecule has 1 aliphatic rings. The molecule has 4 rings (SSSR count). The van der Waals surface area contributed by atoms with Gasteiger partial charge in [-0.15, -0.1) is 0 Å². The first kappa shape index (κ1) is 17.1. The van der Waals surface area contributed by atoms with Crippen LogP contribution in [-0.2, 0) is 14.8 Å². The molecule has 3 aromatic carbocycles. The molecule has 7 heteroatoms. The number of ether oxygens (including phenoxy) is 1. The minimum Gasteiger partial charge on any atom is -0.491 e. The molecule has 0 aromatic heterocycles. The minimum atomic E-state index is -4.00. The van der Waals surface area contributed by atoms with Gasteiger partial charge in [-0.3, -0.25) is 4.79 Å². The highest BCUT2D eigenvalue weighted by molar-refractivity contribution is 9.10. The van der Waals surface area contributed by atoms with Gasteiger partial charge in [0.1, 0.15) is 18.3 Å². The SMILES string of the molecule is O=C(NS(=O)(=O)c1cccc2ccccc12)[C@@H]1COc2c(Br)cccc21. The van der Waals surface area contributed by atoms with Gasteiger partial charge in [0, 0.05) is 10.9 Å². The van der Waals surface area contributed by atoms with Crippen LogP contribution >= 0.6 is 15.9 Å². The van der Waals surface area contributed by atoms with E-state index in [1.165, 1.54) is 6.07 Å². The first-order valence-corrected chi connectivity index (χ1v) is 10.2. The Kier molecular flexibility index (Phi) is 4.20. The predicted octanol–water partition coefficient (Wildman–Crippen LogP) is 3.58. The summed E-state index contributed by atoms with van der Waals surface area (Å²) < 4.78 is 34.1. The van der Waals surface area contributed by atoms with Crippen LogP contribution in [-0.4, -0.2) is 20.9 Å². The molecule has 0 aliphatic carbocycles. The lowest BCUT2D eigenvalue weighted by Gasteiger charge is -2.12. The number of carbonyl (C=O) groups is 1. The van der Waals surface area contributed by atoms with Gasteiger partial charge in [-0.05, 0) is 33.4 Å². The zero-order valence-corrected chi connectivity index (χ0v) is 15.9. The van der Waals surface area contributed by atoms with E-state index in [4.69, 9.17) is 4.74 Å². The first-order valence-electron chi connectivity index (χ1n) is 7.93. The van der Waals surface area contributed by atoms with Gasteiger partial charge in [0.25, 0.3) is 10.0 Å². The van der Waals surface area contributed by atoms with E-state index in [2.05, 4.69) is 20.7 Å².